The van der Waals surface area contributed by atoms with Crippen LogP contribution in [0, 0.1) is 18.8 Å². The van der Waals surface area contributed by atoms with Crippen molar-refractivity contribution in [1.82, 2.24) is 10.2 Å². The van der Waals surface area contributed by atoms with Crippen molar-refractivity contribution in [1.29, 1.82) is 0 Å². The Morgan fingerprint density at radius 1 is 1.42 bits per heavy atom. The lowest BCUT2D eigenvalue weighted by Crippen LogP contribution is -2.47. The number of amides is 3. The molecule has 6 nitrogen and oxygen atoms in total. The summed E-state index contributed by atoms with van der Waals surface area (Å²) in [6.07, 6.45) is 1.66. The van der Waals surface area contributed by atoms with E-state index in [2.05, 4.69) is 10.6 Å². The first-order valence-corrected chi connectivity index (χ1v) is 8.60. The summed E-state index contributed by atoms with van der Waals surface area (Å²) in [7, 11) is 0. The topological polar surface area (TPSA) is 87.5 Å². The Morgan fingerprint density at radius 2 is 2.21 bits per heavy atom. The van der Waals surface area contributed by atoms with E-state index in [1.807, 2.05) is 38.1 Å². The number of carbonyl (C=O) groups is 2. The third kappa shape index (κ3) is 5.23. The van der Waals surface area contributed by atoms with Crippen molar-refractivity contribution in [2.45, 2.75) is 26.7 Å². The maximum absolute atomic E-state index is 12.4. The first-order valence-electron chi connectivity index (χ1n) is 8.60. The number of anilines is 1. The summed E-state index contributed by atoms with van der Waals surface area (Å²) in [5.41, 5.74) is 7.45. The third-order valence-electron chi connectivity index (χ3n) is 4.38. The van der Waals surface area contributed by atoms with Crippen LogP contribution in [0.25, 0.3) is 0 Å². The number of nitrogens with zero attached hydrogens (tertiary/aromatic N) is 1. The molecule has 1 fully saturated rings. The van der Waals surface area contributed by atoms with Crippen molar-refractivity contribution >= 4 is 17.6 Å². The molecule has 4 N–H and O–H groups in total. The predicted molar refractivity (Wildman–Crippen MR) is 95.7 cm³/mol. The molecule has 6 heteroatoms. The molecule has 1 aromatic carbocycles. The highest BCUT2D eigenvalue weighted by Gasteiger charge is 2.28. The van der Waals surface area contributed by atoms with Gasteiger partial charge < -0.3 is 21.3 Å². The Kier molecular flexibility index (Phi) is 6.61. The number of urea groups is 1. The summed E-state index contributed by atoms with van der Waals surface area (Å²) in [6, 6.07) is 7.55. The molecule has 1 aliphatic heterocycles. The van der Waals surface area contributed by atoms with Crippen LogP contribution in [0.3, 0.4) is 0 Å². The molecule has 0 saturated carbocycles. The number of nitrogens with two attached hydrogens (primary N) is 1. The fourth-order valence-electron chi connectivity index (χ4n) is 2.80. The zero-order valence-corrected chi connectivity index (χ0v) is 14.5. The Hall–Kier alpha value is -2.08. The van der Waals surface area contributed by atoms with Crippen molar-refractivity contribution in [2.24, 2.45) is 17.6 Å². The third-order valence-corrected chi connectivity index (χ3v) is 4.38. The summed E-state index contributed by atoms with van der Waals surface area (Å²) in [6.45, 7) is 6.26. The number of carbonyl (C=O) groups excluding carboxylic acids is 2. The SMILES string of the molecule is Cc1cccc(NC(=O)N2CCCC(C(=O)NCC(C)CN)C2)c1. The lowest BCUT2D eigenvalue weighted by atomic mass is 9.97. The summed E-state index contributed by atoms with van der Waals surface area (Å²) >= 11 is 0. The Labute approximate surface area is 143 Å². The van der Waals surface area contributed by atoms with E-state index in [0.717, 1.165) is 24.1 Å². The van der Waals surface area contributed by atoms with Crippen molar-refractivity contribution in [3.05, 3.63) is 29.8 Å². The highest BCUT2D eigenvalue weighted by molar-refractivity contribution is 5.90. The second kappa shape index (κ2) is 8.68. The minimum absolute atomic E-state index is 0.0170. The molecule has 3 amide bonds. The zero-order valence-electron chi connectivity index (χ0n) is 14.5. The van der Waals surface area contributed by atoms with Crippen LogP contribution in [0.15, 0.2) is 24.3 Å². The van der Waals surface area contributed by atoms with Gasteiger partial charge >= 0.3 is 6.03 Å². The van der Waals surface area contributed by atoms with E-state index < -0.39 is 0 Å². The highest BCUT2D eigenvalue weighted by Crippen LogP contribution is 2.18. The first kappa shape index (κ1) is 18.3. The van der Waals surface area contributed by atoms with Gasteiger partial charge in [-0.05, 0) is 49.9 Å². The molecule has 0 aromatic heterocycles. The van der Waals surface area contributed by atoms with Gasteiger partial charge in [-0.3, -0.25) is 4.79 Å². The highest BCUT2D eigenvalue weighted by atomic mass is 16.2. The minimum Gasteiger partial charge on any atom is -0.355 e. The molecule has 1 aliphatic rings. The lowest BCUT2D eigenvalue weighted by molar-refractivity contribution is -0.126. The Morgan fingerprint density at radius 3 is 2.92 bits per heavy atom. The van der Waals surface area contributed by atoms with Gasteiger partial charge in [0.15, 0.2) is 0 Å². The fraction of sp³-hybridized carbons (Fsp3) is 0.556. The number of likely N-dealkylation sites (tertiary alicyclic amines) is 1. The van der Waals surface area contributed by atoms with Gasteiger partial charge in [0.1, 0.15) is 0 Å². The molecule has 2 rings (SSSR count). The molecule has 0 radical (unpaired) electrons. The van der Waals surface area contributed by atoms with Gasteiger partial charge in [0, 0.05) is 25.3 Å². The summed E-state index contributed by atoms with van der Waals surface area (Å²) in [4.78, 5) is 26.4. The first-order chi connectivity index (χ1) is 11.5. The molecule has 2 atom stereocenters. The molecule has 132 valence electrons. The molecule has 0 spiro atoms. The summed E-state index contributed by atoms with van der Waals surface area (Å²) in [5, 5.41) is 5.85. The van der Waals surface area contributed by atoms with E-state index in [4.69, 9.17) is 5.73 Å². The van der Waals surface area contributed by atoms with E-state index in [1.54, 1.807) is 4.90 Å². The van der Waals surface area contributed by atoms with Crippen LogP contribution in [0.2, 0.25) is 0 Å². The van der Waals surface area contributed by atoms with Crippen LogP contribution in [-0.2, 0) is 4.79 Å². The molecule has 24 heavy (non-hydrogen) atoms. The second-order valence-electron chi connectivity index (χ2n) is 6.67. The molecule has 0 aliphatic carbocycles. The van der Waals surface area contributed by atoms with E-state index in [-0.39, 0.29) is 23.8 Å². The Bertz CT molecular complexity index is 576. The number of benzene rings is 1. The molecule has 1 heterocycles. The maximum atomic E-state index is 12.4. The summed E-state index contributed by atoms with van der Waals surface area (Å²) in [5.74, 6) is 0.133. The van der Waals surface area contributed by atoms with E-state index in [0.29, 0.717) is 26.2 Å². The van der Waals surface area contributed by atoms with Crippen LogP contribution < -0.4 is 16.4 Å². The van der Waals surface area contributed by atoms with Crippen LogP contribution in [-0.4, -0.2) is 43.0 Å². The quantitative estimate of drug-likeness (QED) is 0.770. The number of rotatable bonds is 5. The van der Waals surface area contributed by atoms with Crippen LogP contribution in [0.4, 0.5) is 10.5 Å². The van der Waals surface area contributed by atoms with E-state index in [1.165, 1.54) is 0 Å². The second-order valence-corrected chi connectivity index (χ2v) is 6.67. The lowest BCUT2D eigenvalue weighted by Gasteiger charge is -2.32. The normalized spacial score (nSPS) is 18.8. The predicted octanol–water partition coefficient (Wildman–Crippen LogP) is 1.95. The number of piperidine rings is 1. The standard InChI is InChI=1S/C18H28N4O2/c1-13-5-3-7-16(9-13)21-18(24)22-8-4-6-15(12-22)17(23)20-11-14(2)10-19/h3,5,7,9,14-15H,4,6,8,10-12,19H2,1-2H3,(H,20,23)(H,21,24). The average molecular weight is 332 g/mol. The van der Waals surface area contributed by atoms with Crippen LogP contribution >= 0.6 is 0 Å². The largest absolute Gasteiger partial charge is 0.355 e. The zero-order chi connectivity index (χ0) is 17.5. The Balaban J connectivity index is 1.87. The average Bonchev–Trinajstić information content (AvgIpc) is 2.59. The van der Waals surface area contributed by atoms with Crippen molar-refractivity contribution < 1.29 is 9.59 Å². The minimum atomic E-state index is -0.146. The van der Waals surface area contributed by atoms with Gasteiger partial charge in [0.2, 0.25) is 5.91 Å². The van der Waals surface area contributed by atoms with Crippen molar-refractivity contribution in [3.63, 3.8) is 0 Å². The van der Waals surface area contributed by atoms with Crippen molar-refractivity contribution in [2.75, 3.05) is 31.5 Å². The van der Waals surface area contributed by atoms with Gasteiger partial charge in [0.05, 0.1) is 5.92 Å². The van der Waals surface area contributed by atoms with Gasteiger partial charge in [-0.25, -0.2) is 4.79 Å². The molecule has 1 aromatic rings. The maximum Gasteiger partial charge on any atom is 0.321 e. The van der Waals surface area contributed by atoms with Gasteiger partial charge in [-0.1, -0.05) is 19.1 Å². The van der Waals surface area contributed by atoms with Crippen LogP contribution in [0.1, 0.15) is 25.3 Å². The number of hydrogen-bond acceptors (Lipinski definition) is 3. The number of nitrogens with one attached hydrogen (secondary N) is 2. The number of aryl methyl sites for hydroxylation is 1. The smallest absolute Gasteiger partial charge is 0.321 e. The fourth-order valence-corrected chi connectivity index (χ4v) is 2.80. The molecule has 1 saturated heterocycles. The van der Waals surface area contributed by atoms with Gasteiger partial charge in [-0.15, -0.1) is 0 Å². The summed E-state index contributed by atoms with van der Waals surface area (Å²) < 4.78 is 0. The van der Waals surface area contributed by atoms with E-state index >= 15 is 0 Å². The number of hydrogen-bond donors (Lipinski definition) is 3. The molecular formula is C18H28N4O2. The van der Waals surface area contributed by atoms with Crippen LogP contribution in [0.5, 0.6) is 0 Å². The molecule has 0 bridgehead atoms. The van der Waals surface area contributed by atoms with E-state index in [9.17, 15) is 9.59 Å². The van der Waals surface area contributed by atoms with Gasteiger partial charge in [-0.2, -0.15) is 0 Å². The van der Waals surface area contributed by atoms with Gasteiger partial charge in [0.25, 0.3) is 0 Å². The monoisotopic (exact) mass is 332 g/mol. The molecule has 2 unspecified atom stereocenters. The molecular weight excluding hydrogens is 304 g/mol. The van der Waals surface area contributed by atoms with Crippen molar-refractivity contribution in [3.8, 4) is 0 Å².